The van der Waals surface area contributed by atoms with Gasteiger partial charge in [0, 0.05) is 5.41 Å². The molecule has 0 N–H and O–H groups in total. The third-order valence-electron chi connectivity index (χ3n) is 3.91. The van der Waals surface area contributed by atoms with Gasteiger partial charge in [0.05, 0.1) is 25.9 Å². The van der Waals surface area contributed by atoms with Crippen LogP contribution in [0.2, 0.25) is 0 Å². The van der Waals surface area contributed by atoms with Gasteiger partial charge < -0.3 is 14.2 Å². The average molecular weight is 228 g/mol. The first kappa shape index (κ1) is 12.3. The molecule has 1 aliphatic heterocycles. The molecule has 2 rings (SSSR count). The highest BCUT2D eigenvalue weighted by Crippen LogP contribution is 2.31. The van der Waals surface area contributed by atoms with Crippen LogP contribution in [0.25, 0.3) is 0 Å². The summed E-state index contributed by atoms with van der Waals surface area (Å²) in [5.41, 5.74) is 0.288. The largest absolute Gasteiger partial charge is 0.380 e. The van der Waals surface area contributed by atoms with Crippen LogP contribution in [-0.2, 0) is 14.2 Å². The van der Waals surface area contributed by atoms with E-state index in [1.165, 1.54) is 32.1 Å². The monoisotopic (exact) mass is 228 g/mol. The lowest BCUT2D eigenvalue weighted by molar-refractivity contribution is -0.182. The highest BCUT2D eigenvalue weighted by Gasteiger charge is 2.37. The Labute approximate surface area is 98.4 Å². The second kappa shape index (κ2) is 5.99. The quantitative estimate of drug-likeness (QED) is 0.517. The Balaban J connectivity index is 1.54. The van der Waals surface area contributed by atoms with Crippen LogP contribution in [0.1, 0.15) is 45.4 Å². The molecule has 2 aliphatic rings. The van der Waals surface area contributed by atoms with Crippen LogP contribution in [0, 0.1) is 5.41 Å². The van der Waals surface area contributed by atoms with Crippen LogP contribution >= 0.6 is 0 Å². The van der Waals surface area contributed by atoms with E-state index >= 15 is 0 Å². The fourth-order valence-electron chi connectivity index (χ4n) is 2.41. The van der Waals surface area contributed by atoms with Crippen molar-refractivity contribution in [3.05, 3.63) is 0 Å². The summed E-state index contributed by atoms with van der Waals surface area (Å²) in [6, 6.07) is 0. The molecule has 2 fully saturated rings. The van der Waals surface area contributed by atoms with Crippen molar-refractivity contribution < 1.29 is 14.2 Å². The van der Waals surface area contributed by atoms with Crippen LogP contribution in [0.5, 0.6) is 0 Å². The molecule has 0 unspecified atom stereocenters. The molecule has 1 aliphatic carbocycles. The van der Waals surface area contributed by atoms with E-state index < -0.39 is 0 Å². The van der Waals surface area contributed by atoms with Crippen molar-refractivity contribution >= 4 is 0 Å². The van der Waals surface area contributed by atoms with E-state index in [0.29, 0.717) is 12.9 Å². The van der Waals surface area contributed by atoms with Crippen LogP contribution in [0.4, 0.5) is 0 Å². The topological polar surface area (TPSA) is 27.7 Å². The Morgan fingerprint density at radius 2 is 1.94 bits per heavy atom. The number of ether oxygens (including phenoxy) is 3. The van der Waals surface area contributed by atoms with Gasteiger partial charge >= 0.3 is 0 Å². The molecular weight excluding hydrogens is 204 g/mol. The summed E-state index contributed by atoms with van der Waals surface area (Å²) >= 11 is 0. The lowest BCUT2D eigenvalue weighted by atomic mass is 9.84. The molecule has 1 heterocycles. The van der Waals surface area contributed by atoms with Gasteiger partial charge in [0.25, 0.3) is 0 Å². The standard InChI is InChI=1S/C13H24O3/c1-2-13(8-14-9-13)10-15-11-16-12-6-4-3-5-7-12/h12H,2-11H2,1H3. The molecule has 16 heavy (non-hydrogen) atoms. The van der Waals surface area contributed by atoms with Gasteiger partial charge in [0.2, 0.25) is 0 Å². The van der Waals surface area contributed by atoms with Gasteiger partial charge in [-0.25, -0.2) is 0 Å². The average Bonchev–Trinajstić information content (AvgIpc) is 2.29. The van der Waals surface area contributed by atoms with Crippen molar-refractivity contribution in [1.29, 1.82) is 0 Å². The van der Waals surface area contributed by atoms with Crippen LogP contribution in [-0.4, -0.2) is 32.7 Å². The summed E-state index contributed by atoms with van der Waals surface area (Å²) in [4.78, 5) is 0. The lowest BCUT2D eigenvalue weighted by Gasteiger charge is -2.40. The van der Waals surface area contributed by atoms with E-state index in [4.69, 9.17) is 14.2 Å². The zero-order chi connectivity index (χ0) is 11.3. The summed E-state index contributed by atoms with van der Waals surface area (Å²) in [5.74, 6) is 0. The number of rotatable bonds is 6. The molecule has 3 nitrogen and oxygen atoms in total. The summed E-state index contributed by atoms with van der Waals surface area (Å²) in [6.45, 7) is 5.16. The van der Waals surface area contributed by atoms with E-state index in [9.17, 15) is 0 Å². The second-order valence-corrected chi connectivity index (χ2v) is 5.24. The highest BCUT2D eigenvalue weighted by molar-refractivity contribution is 4.83. The minimum Gasteiger partial charge on any atom is -0.380 e. The maximum Gasteiger partial charge on any atom is 0.147 e. The molecular formula is C13H24O3. The van der Waals surface area contributed by atoms with E-state index in [1.807, 2.05) is 0 Å². The smallest absolute Gasteiger partial charge is 0.147 e. The van der Waals surface area contributed by atoms with E-state index in [0.717, 1.165) is 26.2 Å². The van der Waals surface area contributed by atoms with Gasteiger partial charge in [0.1, 0.15) is 6.79 Å². The Morgan fingerprint density at radius 3 is 2.50 bits per heavy atom. The maximum atomic E-state index is 5.73. The molecule has 94 valence electrons. The first-order valence-corrected chi connectivity index (χ1v) is 6.62. The van der Waals surface area contributed by atoms with Crippen molar-refractivity contribution in [2.75, 3.05) is 26.6 Å². The Morgan fingerprint density at radius 1 is 1.19 bits per heavy atom. The number of hydrogen-bond acceptors (Lipinski definition) is 3. The highest BCUT2D eigenvalue weighted by atomic mass is 16.7. The molecule has 1 saturated heterocycles. The molecule has 0 aromatic carbocycles. The van der Waals surface area contributed by atoms with Crippen molar-refractivity contribution in [1.82, 2.24) is 0 Å². The van der Waals surface area contributed by atoms with Crippen LogP contribution in [0.3, 0.4) is 0 Å². The fourth-order valence-corrected chi connectivity index (χ4v) is 2.41. The Kier molecular flexibility index (Phi) is 4.62. The molecule has 0 amide bonds. The van der Waals surface area contributed by atoms with Gasteiger partial charge in [-0.15, -0.1) is 0 Å². The first-order chi connectivity index (χ1) is 7.85. The Bertz CT molecular complexity index is 190. The van der Waals surface area contributed by atoms with Gasteiger partial charge in [-0.3, -0.25) is 0 Å². The summed E-state index contributed by atoms with van der Waals surface area (Å²) in [5, 5.41) is 0. The summed E-state index contributed by atoms with van der Waals surface area (Å²) < 4.78 is 16.6. The van der Waals surface area contributed by atoms with Crippen LogP contribution < -0.4 is 0 Å². The van der Waals surface area contributed by atoms with E-state index in [1.54, 1.807) is 0 Å². The van der Waals surface area contributed by atoms with Gasteiger partial charge in [-0.2, -0.15) is 0 Å². The van der Waals surface area contributed by atoms with Gasteiger partial charge in [-0.1, -0.05) is 26.2 Å². The SMILES string of the molecule is CCC1(COCOC2CCCCC2)COC1. The zero-order valence-electron chi connectivity index (χ0n) is 10.4. The number of hydrogen-bond donors (Lipinski definition) is 0. The normalized spacial score (nSPS) is 25.3. The minimum atomic E-state index is 0.288. The molecule has 0 spiro atoms. The molecule has 0 aromatic heterocycles. The zero-order valence-corrected chi connectivity index (χ0v) is 10.4. The second-order valence-electron chi connectivity index (χ2n) is 5.24. The predicted molar refractivity (Wildman–Crippen MR) is 62.3 cm³/mol. The van der Waals surface area contributed by atoms with E-state index in [-0.39, 0.29) is 5.41 Å². The first-order valence-electron chi connectivity index (χ1n) is 6.62. The van der Waals surface area contributed by atoms with Crippen molar-refractivity contribution in [3.8, 4) is 0 Å². The van der Waals surface area contributed by atoms with Crippen molar-refractivity contribution in [2.24, 2.45) is 5.41 Å². The Hall–Kier alpha value is -0.120. The molecule has 0 atom stereocenters. The third kappa shape index (κ3) is 3.19. The molecule has 0 bridgehead atoms. The molecule has 0 aromatic rings. The van der Waals surface area contributed by atoms with Crippen LogP contribution in [0.15, 0.2) is 0 Å². The third-order valence-corrected chi connectivity index (χ3v) is 3.91. The summed E-state index contributed by atoms with van der Waals surface area (Å²) in [7, 11) is 0. The predicted octanol–water partition coefficient (Wildman–Crippen LogP) is 2.74. The maximum absolute atomic E-state index is 5.73. The molecule has 1 saturated carbocycles. The van der Waals surface area contributed by atoms with Gasteiger partial charge in [0.15, 0.2) is 0 Å². The van der Waals surface area contributed by atoms with Gasteiger partial charge in [-0.05, 0) is 19.3 Å². The van der Waals surface area contributed by atoms with Crippen molar-refractivity contribution in [2.45, 2.75) is 51.6 Å². The fraction of sp³-hybridized carbons (Fsp3) is 1.00. The minimum absolute atomic E-state index is 0.288. The van der Waals surface area contributed by atoms with Crippen molar-refractivity contribution in [3.63, 3.8) is 0 Å². The summed E-state index contributed by atoms with van der Waals surface area (Å²) in [6.07, 6.45) is 8.02. The molecule has 0 radical (unpaired) electrons. The van der Waals surface area contributed by atoms with E-state index in [2.05, 4.69) is 6.92 Å². The molecule has 3 heteroatoms. The lowest BCUT2D eigenvalue weighted by Crippen LogP contribution is -2.45.